The Labute approximate surface area is 131 Å². The van der Waals surface area contributed by atoms with Gasteiger partial charge in [0.2, 0.25) is 0 Å². The molecule has 4 nitrogen and oxygen atoms in total. The van der Waals surface area contributed by atoms with Crippen LogP contribution in [0.5, 0.6) is 0 Å². The fraction of sp³-hybridized carbons (Fsp3) is 0.588. The van der Waals surface area contributed by atoms with Crippen LogP contribution in [0.4, 0.5) is 9.18 Å². The fourth-order valence-electron chi connectivity index (χ4n) is 2.77. The maximum atomic E-state index is 13.0. The molecule has 1 aromatic carbocycles. The molecule has 0 spiro atoms. The molecule has 0 aliphatic heterocycles. The Morgan fingerprint density at radius 2 is 1.91 bits per heavy atom. The first-order valence-corrected chi connectivity index (χ1v) is 7.87. The number of benzene rings is 1. The Balaban J connectivity index is 1.75. The summed E-state index contributed by atoms with van der Waals surface area (Å²) in [7, 11) is 0. The lowest BCUT2D eigenvalue weighted by Gasteiger charge is -2.18. The number of carbonyl (C=O) groups excluding carboxylic acids is 1. The van der Waals surface area contributed by atoms with Gasteiger partial charge in [-0.1, -0.05) is 19.1 Å². The van der Waals surface area contributed by atoms with Gasteiger partial charge >= 0.3 is 6.03 Å². The lowest BCUT2D eigenvalue weighted by atomic mass is 9.96. The van der Waals surface area contributed by atoms with Crippen LogP contribution in [0.2, 0.25) is 0 Å². The molecule has 5 heteroatoms. The normalized spacial score (nSPS) is 18.4. The number of amides is 2. The second-order valence-electron chi connectivity index (χ2n) is 6.54. The SMILES string of the molecule is CC(O)CC(C)CNC(=O)NCC1(c2ccc(F)cc2)CC1. The summed E-state index contributed by atoms with van der Waals surface area (Å²) in [6.07, 6.45) is 2.34. The largest absolute Gasteiger partial charge is 0.393 e. The zero-order chi connectivity index (χ0) is 16.2. The number of hydrogen-bond donors (Lipinski definition) is 3. The average Bonchev–Trinajstić information content (AvgIpc) is 3.24. The van der Waals surface area contributed by atoms with Crippen LogP contribution in [0.25, 0.3) is 0 Å². The highest BCUT2D eigenvalue weighted by molar-refractivity contribution is 5.74. The van der Waals surface area contributed by atoms with E-state index in [2.05, 4.69) is 10.6 Å². The van der Waals surface area contributed by atoms with Crippen LogP contribution < -0.4 is 10.6 Å². The van der Waals surface area contributed by atoms with E-state index in [1.807, 2.05) is 6.92 Å². The summed E-state index contributed by atoms with van der Waals surface area (Å²) in [6.45, 7) is 4.85. The minimum absolute atomic E-state index is 0.0315. The quantitative estimate of drug-likeness (QED) is 0.725. The fourth-order valence-corrected chi connectivity index (χ4v) is 2.77. The highest BCUT2D eigenvalue weighted by Gasteiger charge is 2.44. The first-order valence-electron chi connectivity index (χ1n) is 7.87. The molecule has 1 aliphatic carbocycles. The van der Waals surface area contributed by atoms with E-state index in [0.29, 0.717) is 19.5 Å². The molecule has 1 saturated carbocycles. The van der Waals surface area contributed by atoms with Crippen molar-refractivity contribution in [2.24, 2.45) is 5.92 Å². The third-order valence-electron chi connectivity index (χ3n) is 4.25. The summed E-state index contributed by atoms with van der Waals surface area (Å²) in [5, 5.41) is 15.0. The number of halogens is 1. The van der Waals surface area contributed by atoms with Crippen LogP contribution >= 0.6 is 0 Å². The lowest BCUT2D eigenvalue weighted by Crippen LogP contribution is -2.41. The molecule has 2 unspecified atom stereocenters. The topological polar surface area (TPSA) is 61.4 Å². The molecule has 0 bridgehead atoms. The van der Waals surface area contributed by atoms with Crippen LogP contribution in [-0.4, -0.2) is 30.3 Å². The monoisotopic (exact) mass is 308 g/mol. The number of rotatable bonds is 7. The second-order valence-corrected chi connectivity index (χ2v) is 6.54. The number of hydrogen-bond acceptors (Lipinski definition) is 2. The van der Waals surface area contributed by atoms with Gasteiger partial charge in [-0.15, -0.1) is 0 Å². The molecule has 1 fully saturated rings. The molecule has 3 N–H and O–H groups in total. The predicted octanol–water partition coefficient (Wildman–Crippen LogP) is 2.56. The molecule has 0 heterocycles. The number of carbonyl (C=O) groups is 1. The zero-order valence-corrected chi connectivity index (χ0v) is 13.2. The third kappa shape index (κ3) is 4.70. The first-order chi connectivity index (χ1) is 10.4. The molecule has 1 aromatic rings. The van der Waals surface area contributed by atoms with Gasteiger partial charge in [-0.3, -0.25) is 0 Å². The maximum Gasteiger partial charge on any atom is 0.314 e. The Bertz CT molecular complexity index is 498. The van der Waals surface area contributed by atoms with E-state index in [-0.39, 0.29) is 29.3 Å². The molecule has 0 radical (unpaired) electrons. The van der Waals surface area contributed by atoms with Gasteiger partial charge in [0.25, 0.3) is 0 Å². The van der Waals surface area contributed by atoms with E-state index in [0.717, 1.165) is 18.4 Å². The van der Waals surface area contributed by atoms with E-state index in [9.17, 15) is 14.3 Å². The number of aliphatic hydroxyl groups is 1. The lowest BCUT2D eigenvalue weighted by molar-refractivity contribution is 0.163. The molecule has 122 valence electrons. The molecule has 2 rings (SSSR count). The summed E-state index contributed by atoms with van der Waals surface area (Å²) in [4.78, 5) is 11.8. The highest BCUT2D eigenvalue weighted by Crippen LogP contribution is 2.47. The van der Waals surface area contributed by atoms with Crippen molar-refractivity contribution in [3.8, 4) is 0 Å². The van der Waals surface area contributed by atoms with Gasteiger partial charge in [0.1, 0.15) is 5.82 Å². The van der Waals surface area contributed by atoms with Crippen molar-refractivity contribution in [3.05, 3.63) is 35.6 Å². The summed E-state index contributed by atoms with van der Waals surface area (Å²) < 4.78 is 13.0. The van der Waals surface area contributed by atoms with Crippen molar-refractivity contribution in [2.45, 2.75) is 44.6 Å². The van der Waals surface area contributed by atoms with Crippen molar-refractivity contribution in [1.82, 2.24) is 10.6 Å². The molecule has 22 heavy (non-hydrogen) atoms. The van der Waals surface area contributed by atoms with E-state index in [1.165, 1.54) is 12.1 Å². The minimum Gasteiger partial charge on any atom is -0.393 e. The zero-order valence-electron chi connectivity index (χ0n) is 13.2. The summed E-state index contributed by atoms with van der Waals surface area (Å²) >= 11 is 0. The van der Waals surface area contributed by atoms with E-state index in [4.69, 9.17) is 0 Å². The van der Waals surface area contributed by atoms with Gasteiger partial charge in [-0.05, 0) is 49.8 Å². The Kier molecular flexibility index (Phi) is 5.40. The summed E-state index contributed by atoms with van der Waals surface area (Å²) in [5.74, 6) is -0.00455. The smallest absolute Gasteiger partial charge is 0.314 e. The molecule has 2 atom stereocenters. The first kappa shape index (κ1) is 16.7. The molecular formula is C17H25FN2O2. The Morgan fingerprint density at radius 1 is 1.27 bits per heavy atom. The van der Waals surface area contributed by atoms with Crippen molar-refractivity contribution in [3.63, 3.8) is 0 Å². The van der Waals surface area contributed by atoms with E-state index in [1.54, 1.807) is 19.1 Å². The number of nitrogens with one attached hydrogen (secondary N) is 2. The van der Waals surface area contributed by atoms with Crippen LogP contribution in [0.1, 0.15) is 38.7 Å². The summed E-state index contributed by atoms with van der Waals surface area (Å²) in [6, 6.07) is 6.34. The van der Waals surface area contributed by atoms with Crippen molar-refractivity contribution in [1.29, 1.82) is 0 Å². The van der Waals surface area contributed by atoms with Crippen molar-refractivity contribution < 1.29 is 14.3 Å². The van der Waals surface area contributed by atoms with Crippen LogP contribution in [0, 0.1) is 11.7 Å². The molecule has 2 amide bonds. The molecule has 1 aliphatic rings. The second kappa shape index (κ2) is 7.09. The van der Waals surface area contributed by atoms with Crippen molar-refractivity contribution in [2.75, 3.05) is 13.1 Å². The van der Waals surface area contributed by atoms with Gasteiger partial charge in [0, 0.05) is 18.5 Å². The Hall–Kier alpha value is -1.62. The van der Waals surface area contributed by atoms with Gasteiger partial charge < -0.3 is 15.7 Å². The Morgan fingerprint density at radius 3 is 2.45 bits per heavy atom. The molecule has 0 saturated heterocycles. The van der Waals surface area contributed by atoms with Gasteiger partial charge in [0.15, 0.2) is 0 Å². The number of aliphatic hydroxyl groups excluding tert-OH is 1. The standard InChI is InChI=1S/C17H25FN2O2/c1-12(9-13(2)21)10-19-16(22)20-11-17(7-8-17)14-3-5-15(18)6-4-14/h3-6,12-13,21H,7-11H2,1-2H3,(H2,19,20,22). The van der Waals surface area contributed by atoms with Crippen LogP contribution in [-0.2, 0) is 5.41 Å². The average molecular weight is 308 g/mol. The predicted molar refractivity (Wildman–Crippen MR) is 84.2 cm³/mol. The van der Waals surface area contributed by atoms with E-state index >= 15 is 0 Å². The van der Waals surface area contributed by atoms with Crippen LogP contribution in [0.3, 0.4) is 0 Å². The van der Waals surface area contributed by atoms with Crippen LogP contribution in [0.15, 0.2) is 24.3 Å². The summed E-state index contributed by atoms with van der Waals surface area (Å²) in [5.41, 5.74) is 1.05. The van der Waals surface area contributed by atoms with E-state index < -0.39 is 0 Å². The van der Waals surface area contributed by atoms with Crippen molar-refractivity contribution >= 4 is 6.03 Å². The molecular weight excluding hydrogens is 283 g/mol. The number of urea groups is 1. The molecule has 0 aromatic heterocycles. The minimum atomic E-state index is -0.354. The van der Waals surface area contributed by atoms with Gasteiger partial charge in [0.05, 0.1) is 6.10 Å². The van der Waals surface area contributed by atoms with Gasteiger partial charge in [-0.2, -0.15) is 0 Å². The third-order valence-corrected chi connectivity index (χ3v) is 4.25. The van der Waals surface area contributed by atoms with Gasteiger partial charge in [-0.25, -0.2) is 9.18 Å². The maximum absolute atomic E-state index is 13.0. The highest BCUT2D eigenvalue weighted by atomic mass is 19.1.